The summed E-state index contributed by atoms with van der Waals surface area (Å²) >= 11 is 1.52. The summed E-state index contributed by atoms with van der Waals surface area (Å²) in [4.78, 5) is 16.7. The molecule has 6 heteroatoms. The minimum Gasteiger partial charge on any atom is -0.486 e. The highest BCUT2D eigenvalue weighted by Crippen LogP contribution is 2.24. The van der Waals surface area contributed by atoms with E-state index in [4.69, 9.17) is 4.74 Å². The van der Waals surface area contributed by atoms with Gasteiger partial charge in [-0.2, -0.15) is 0 Å². The predicted molar refractivity (Wildman–Crippen MR) is 93.2 cm³/mol. The fourth-order valence-electron chi connectivity index (χ4n) is 3.02. The van der Waals surface area contributed by atoms with E-state index in [1.165, 1.54) is 11.3 Å². The molecule has 128 valence electrons. The highest BCUT2D eigenvalue weighted by atomic mass is 32.1. The van der Waals surface area contributed by atoms with Crippen molar-refractivity contribution in [2.75, 3.05) is 6.54 Å². The van der Waals surface area contributed by atoms with Gasteiger partial charge in [-0.1, -0.05) is 18.6 Å². The fraction of sp³-hybridized carbons (Fsp3) is 0.444. The van der Waals surface area contributed by atoms with Crippen LogP contribution in [0.5, 0.6) is 5.75 Å². The van der Waals surface area contributed by atoms with E-state index in [0.29, 0.717) is 30.4 Å². The Hall–Kier alpha value is -1.92. The third kappa shape index (κ3) is 4.55. The molecule has 0 radical (unpaired) electrons. The number of nitrogens with one attached hydrogen (secondary N) is 1. The Bertz CT molecular complexity index is 660. The molecule has 1 aromatic heterocycles. The van der Waals surface area contributed by atoms with Crippen molar-refractivity contribution in [3.63, 3.8) is 0 Å². The highest BCUT2D eigenvalue weighted by molar-refractivity contribution is 7.07. The molecule has 1 aliphatic carbocycles. The van der Waals surface area contributed by atoms with Gasteiger partial charge in [-0.3, -0.25) is 4.79 Å². The van der Waals surface area contributed by atoms with Crippen molar-refractivity contribution in [2.45, 2.75) is 38.4 Å². The Balaban J connectivity index is 1.57. The average molecular weight is 346 g/mol. The number of aliphatic hydroxyl groups is 1. The van der Waals surface area contributed by atoms with Crippen LogP contribution in [0.1, 0.15) is 41.7 Å². The molecule has 2 N–H and O–H groups in total. The first-order chi connectivity index (χ1) is 11.7. The van der Waals surface area contributed by atoms with E-state index in [1.807, 2.05) is 17.5 Å². The van der Waals surface area contributed by atoms with Gasteiger partial charge >= 0.3 is 0 Å². The third-order valence-corrected chi connectivity index (χ3v) is 4.93. The first kappa shape index (κ1) is 16.9. The van der Waals surface area contributed by atoms with Gasteiger partial charge in [-0.05, 0) is 37.3 Å². The molecule has 2 aromatic rings. The summed E-state index contributed by atoms with van der Waals surface area (Å²) < 4.78 is 5.75. The second-order valence-corrected chi connectivity index (χ2v) is 6.88. The van der Waals surface area contributed by atoms with Crippen LogP contribution in [-0.2, 0) is 6.61 Å². The van der Waals surface area contributed by atoms with Crippen LogP contribution in [0.3, 0.4) is 0 Å². The number of benzene rings is 1. The maximum atomic E-state index is 12.5. The first-order valence-electron chi connectivity index (χ1n) is 8.27. The standard InChI is InChI=1S/C18H22N2O3S/c21-15-5-3-4-13(8-15)9-19-18(22)16-6-1-2-7-17(16)23-10-14-11-24-12-20-14/h1-2,6-7,11-13,15,21H,3-5,8-10H2,(H,19,22). The number of thiazole rings is 1. The number of rotatable bonds is 6. The molecule has 2 atom stereocenters. The Labute approximate surface area is 145 Å². The quantitative estimate of drug-likeness (QED) is 0.843. The van der Waals surface area contributed by atoms with Crippen LogP contribution >= 0.6 is 11.3 Å². The maximum Gasteiger partial charge on any atom is 0.255 e. The Morgan fingerprint density at radius 3 is 3.04 bits per heavy atom. The van der Waals surface area contributed by atoms with Gasteiger partial charge < -0.3 is 15.2 Å². The normalized spacial score (nSPS) is 20.5. The summed E-state index contributed by atoms with van der Waals surface area (Å²) in [7, 11) is 0. The number of hydrogen-bond donors (Lipinski definition) is 2. The molecule has 0 saturated heterocycles. The van der Waals surface area contributed by atoms with Gasteiger partial charge in [-0.25, -0.2) is 4.98 Å². The van der Waals surface area contributed by atoms with Crippen molar-refractivity contribution in [1.29, 1.82) is 0 Å². The van der Waals surface area contributed by atoms with Gasteiger partial charge in [0.15, 0.2) is 0 Å². The zero-order chi connectivity index (χ0) is 16.8. The Kier molecular flexibility index (Phi) is 5.82. The SMILES string of the molecule is O=C(NCC1CCCC(O)C1)c1ccccc1OCc1cscn1. The molecule has 1 aromatic carbocycles. The van der Waals surface area contributed by atoms with Crippen LogP contribution in [0.4, 0.5) is 0 Å². The summed E-state index contributed by atoms with van der Waals surface area (Å²) in [5.74, 6) is 0.774. The molecule has 1 heterocycles. The predicted octanol–water partition coefficient (Wildman–Crippen LogP) is 3.00. The number of carbonyl (C=O) groups is 1. The van der Waals surface area contributed by atoms with Gasteiger partial charge in [0.2, 0.25) is 0 Å². The number of aromatic nitrogens is 1. The van der Waals surface area contributed by atoms with Gasteiger partial charge in [0, 0.05) is 11.9 Å². The number of nitrogens with zero attached hydrogens (tertiary/aromatic N) is 1. The highest BCUT2D eigenvalue weighted by Gasteiger charge is 2.21. The van der Waals surface area contributed by atoms with Crippen molar-refractivity contribution < 1.29 is 14.6 Å². The molecule has 24 heavy (non-hydrogen) atoms. The van der Waals surface area contributed by atoms with Crippen molar-refractivity contribution in [1.82, 2.24) is 10.3 Å². The molecule has 1 saturated carbocycles. The lowest BCUT2D eigenvalue weighted by Crippen LogP contribution is -2.33. The van der Waals surface area contributed by atoms with Gasteiger partial charge in [-0.15, -0.1) is 11.3 Å². The van der Waals surface area contributed by atoms with Crippen LogP contribution in [0.25, 0.3) is 0 Å². The lowest BCUT2D eigenvalue weighted by Gasteiger charge is -2.26. The van der Waals surface area contributed by atoms with Gasteiger partial charge in [0.1, 0.15) is 12.4 Å². The minimum absolute atomic E-state index is 0.135. The number of hydrogen-bond acceptors (Lipinski definition) is 5. The Morgan fingerprint density at radius 1 is 1.38 bits per heavy atom. The van der Waals surface area contributed by atoms with Crippen molar-refractivity contribution >= 4 is 17.2 Å². The first-order valence-corrected chi connectivity index (χ1v) is 9.22. The molecular formula is C18H22N2O3S. The average Bonchev–Trinajstić information content (AvgIpc) is 3.12. The third-order valence-electron chi connectivity index (χ3n) is 4.30. The van der Waals surface area contributed by atoms with E-state index < -0.39 is 0 Å². The smallest absolute Gasteiger partial charge is 0.255 e. The zero-order valence-electron chi connectivity index (χ0n) is 13.5. The number of carbonyl (C=O) groups excluding carboxylic acids is 1. The topological polar surface area (TPSA) is 71.5 Å². The van der Waals surface area contributed by atoms with E-state index in [1.54, 1.807) is 17.6 Å². The molecule has 0 aliphatic heterocycles. The number of ether oxygens (including phenoxy) is 1. The van der Waals surface area contributed by atoms with Crippen LogP contribution in [0.15, 0.2) is 35.2 Å². The molecule has 1 aliphatic rings. The minimum atomic E-state index is -0.227. The van der Waals surface area contributed by atoms with E-state index in [9.17, 15) is 9.90 Å². The van der Waals surface area contributed by atoms with E-state index >= 15 is 0 Å². The largest absolute Gasteiger partial charge is 0.486 e. The molecule has 3 rings (SSSR count). The Morgan fingerprint density at radius 2 is 2.25 bits per heavy atom. The molecule has 0 spiro atoms. The van der Waals surface area contributed by atoms with Crippen molar-refractivity contribution in [3.05, 3.63) is 46.4 Å². The fourth-order valence-corrected chi connectivity index (χ4v) is 3.56. The van der Waals surface area contributed by atoms with Crippen LogP contribution in [0, 0.1) is 5.92 Å². The second-order valence-electron chi connectivity index (χ2n) is 6.16. The number of para-hydroxylation sites is 1. The number of aliphatic hydroxyl groups excluding tert-OH is 1. The molecule has 0 bridgehead atoms. The van der Waals surface area contributed by atoms with Crippen molar-refractivity contribution in [2.24, 2.45) is 5.92 Å². The van der Waals surface area contributed by atoms with E-state index in [0.717, 1.165) is 31.4 Å². The molecular weight excluding hydrogens is 324 g/mol. The molecule has 1 fully saturated rings. The molecule has 2 unspecified atom stereocenters. The molecule has 1 amide bonds. The van der Waals surface area contributed by atoms with E-state index in [-0.39, 0.29) is 12.0 Å². The zero-order valence-corrected chi connectivity index (χ0v) is 14.3. The van der Waals surface area contributed by atoms with Gasteiger partial charge in [0.05, 0.1) is 22.9 Å². The van der Waals surface area contributed by atoms with E-state index in [2.05, 4.69) is 10.3 Å². The lowest BCUT2D eigenvalue weighted by molar-refractivity contribution is 0.0870. The maximum absolute atomic E-state index is 12.5. The van der Waals surface area contributed by atoms with Crippen LogP contribution in [-0.4, -0.2) is 28.6 Å². The monoisotopic (exact) mass is 346 g/mol. The summed E-state index contributed by atoms with van der Waals surface area (Å²) in [5.41, 5.74) is 3.14. The van der Waals surface area contributed by atoms with Crippen molar-refractivity contribution in [3.8, 4) is 5.75 Å². The summed E-state index contributed by atoms with van der Waals surface area (Å²) in [6.45, 7) is 0.943. The number of amides is 1. The van der Waals surface area contributed by atoms with Crippen LogP contribution < -0.4 is 10.1 Å². The molecule has 5 nitrogen and oxygen atoms in total. The summed E-state index contributed by atoms with van der Waals surface area (Å²) in [5, 5.41) is 14.6. The van der Waals surface area contributed by atoms with Gasteiger partial charge in [0.25, 0.3) is 5.91 Å². The summed E-state index contributed by atoms with van der Waals surface area (Å²) in [6, 6.07) is 7.24. The van der Waals surface area contributed by atoms with Crippen LogP contribution in [0.2, 0.25) is 0 Å². The lowest BCUT2D eigenvalue weighted by atomic mass is 9.87. The summed E-state index contributed by atoms with van der Waals surface area (Å²) in [6.07, 6.45) is 3.49. The second kappa shape index (κ2) is 8.26.